The lowest BCUT2D eigenvalue weighted by Crippen LogP contribution is -2.32. The van der Waals surface area contributed by atoms with Crippen molar-refractivity contribution in [2.24, 2.45) is 0 Å². The van der Waals surface area contributed by atoms with E-state index in [2.05, 4.69) is 0 Å². The molecule has 15 heavy (non-hydrogen) atoms. The normalized spacial score (nSPS) is 10.6. The average Bonchev–Trinajstić information content (AvgIpc) is 2.08. The second-order valence-corrected chi connectivity index (χ2v) is 4.19. The van der Waals surface area contributed by atoms with Crippen LogP contribution in [0.4, 0.5) is 0 Å². The monoisotopic (exact) mass is 248 g/mol. The molecule has 6 heteroatoms. The quantitative estimate of drug-likeness (QED) is 0.797. The molecular formula is C9H11BCl2O3. The number of hydrogen-bond donors (Lipinski definition) is 2. The van der Waals surface area contributed by atoms with Crippen molar-refractivity contribution in [2.45, 2.75) is 20.0 Å². The summed E-state index contributed by atoms with van der Waals surface area (Å²) < 4.78 is 5.38. The Balaban J connectivity index is 3.21. The number of halogens is 2. The Morgan fingerprint density at radius 2 is 1.87 bits per heavy atom. The van der Waals surface area contributed by atoms with Gasteiger partial charge in [-0.15, -0.1) is 0 Å². The second-order valence-electron chi connectivity index (χ2n) is 3.35. The molecule has 0 radical (unpaired) electrons. The molecule has 0 spiro atoms. The molecule has 0 aromatic heterocycles. The Labute approximate surface area is 98.7 Å². The van der Waals surface area contributed by atoms with E-state index in [9.17, 15) is 0 Å². The molecule has 0 fully saturated rings. The van der Waals surface area contributed by atoms with Crippen molar-refractivity contribution in [1.29, 1.82) is 0 Å². The van der Waals surface area contributed by atoms with Gasteiger partial charge in [-0.1, -0.05) is 23.2 Å². The number of benzene rings is 1. The topological polar surface area (TPSA) is 49.7 Å². The van der Waals surface area contributed by atoms with Gasteiger partial charge in [-0.05, 0) is 26.0 Å². The van der Waals surface area contributed by atoms with Crippen LogP contribution in [0.25, 0.3) is 0 Å². The summed E-state index contributed by atoms with van der Waals surface area (Å²) >= 11 is 11.6. The van der Waals surface area contributed by atoms with Crippen LogP contribution >= 0.6 is 23.2 Å². The smallest absolute Gasteiger partial charge is 0.490 e. The summed E-state index contributed by atoms with van der Waals surface area (Å²) in [6, 6.07) is 2.91. The Morgan fingerprint density at radius 1 is 1.27 bits per heavy atom. The molecule has 0 bridgehead atoms. The SMILES string of the molecule is CC(C)Oc1c(Cl)cc(Cl)cc1B(O)O. The van der Waals surface area contributed by atoms with Gasteiger partial charge in [-0.25, -0.2) is 0 Å². The van der Waals surface area contributed by atoms with E-state index < -0.39 is 7.12 Å². The van der Waals surface area contributed by atoms with Crippen LogP contribution < -0.4 is 10.2 Å². The van der Waals surface area contributed by atoms with E-state index in [0.717, 1.165) is 0 Å². The first kappa shape index (κ1) is 12.7. The van der Waals surface area contributed by atoms with Crippen molar-refractivity contribution in [2.75, 3.05) is 0 Å². The zero-order valence-electron chi connectivity index (χ0n) is 8.37. The van der Waals surface area contributed by atoms with Crippen molar-refractivity contribution >= 4 is 35.8 Å². The molecule has 0 aliphatic heterocycles. The van der Waals surface area contributed by atoms with E-state index >= 15 is 0 Å². The van der Waals surface area contributed by atoms with E-state index in [4.69, 9.17) is 38.0 Å². The summed E-state index contributed by atoms with van der Waals surface area (Å²) in [6.45, 7) is 3.64. The minimum Gasteiger partial charge on any atom is -0.490 e. The van der Waals surface area contributed by atoms with Crippen LogP contribution in [-0.2, 0) is 0 Å². The Hall–Kier alpha value is -0.415. The molecule has 1 aromatic carbocycles. The molecule has 0 saturated heterocycles. The summed E-state index contributed by atoms with van der Waals surface area (Å²) in [5.74, 6) is 0.256. The Bertz CT molecular complexity index is 355. The van der Waals surface area contributed by atoms with Crippen LogP contribution in [-0.4, -0.2) is 23.3 Å². The standard InChI is InChI=1S/C9H11BCl2O3/c1-5(2)15-9-7(10(13)14)3-6(11)4-8(9)12/h3-5,13-14H,1-2H3. The molecule has 0 amide bonds. The Kier molecular flexibility index (Phi) is 4.28. The molecule has 1 aromatic rings. The fourth-order valence-electron chi connectivity index (χ4n) is 1.13. The molecule has 3 nitrogen and oxygen atoms in total. The van der Waals surface area contributed by atoms with Crippen LogP contribution in [0.3, 0.4) is 0 Å². The first-order valence-corrected chi connectivity index (χ1v) is 5.19. The maximum atomic E-state index is 9.12. The minimum atomic E-state index is -1.66. The first-order chi connectivity index (χ1) is 6.91. The van der Waals surface area contributed by atoms with E-state index in [1.54, 1.807) is 0 Å². The highest BCUT2D eigenvalue weighted by Crippen LogP contribution is 2.26. The van der Waals surface area contributed by atoms with Gasteiger partial charge in [0.25, 0.3) is 0 Å². The van der Waals surface area contributed by atoms with Crippen LogP contribution in [0.15, 0.2) is 12.1 Å². The highest BCUT2D eigenvalue weighted by molar-refractivity contribution is 6.61. The highest BCUT2D eigenvalue weighted by Gasteiger charge is 2.21. The van der Waals surface area contributed by atoms with Gasteiger partial charge in [-0.3, -0.25) is 0 Å². The molecule has 0 atom stereocenters. The number of rotatable bonds is 3. The van der Waals surface area contributed by atoms with E-state index in [1.165, 1.54) is 12.1 Å². The molecule has 0 aliphatic carbocycles. The molecule has 2 N–H and O–H groups in total. The van der Waals surface area contributed by atoms with Crippen molar-refractivity contribution in [1.82, 2.24) is 0 Å². The van der Waals surface area contributed by atoms with Crippen LogP contribution in [0, 0.1) is 0 Å². The predicted octanol–water partition coefficient (Wildman–Crippen LogP) is 1.46. The highest BCUT2D eigenvalue weighted by atomic mass is 35.5. The molecule has 1 rings (SSSR count). The van der Waals surface area contributed by atoms with Crippen LogP contribution in [0.5, 0.6) is 5.75 Å². The third kappa shape index (κ3) is 3.28. The van der Waals surface area contributed by atoms with Gasteiger partial charge in [0.2, 0.25) is 0 Å². The zero-order chi connectivity index (χ0) is 11.6. The lowest BCUT2D eigenvalue weighted by molar-refractivity contribution is 0.243. The van der Waals surface area contributed by atoms with Crippen molar-refractivity contribution in [3.05, 3.63) is 22.2 Å². The van der Waals surface area contributed by atoms with Gasteiger partial charge >= 0.3 is 7.12 Å². The van der Waals surface area contributed by atoms with Crippen molar-refractivity contribution < 1.29 is 14.8 Å². The summed E-state index contributed by atoms with van der Waals surface area (Å²) in [6.07, 6.45) is -0.110. The molecule has 0 heterocycles. The van der Waals surface area contributed by atoms with Crippen molar-refractivity contribution in [3.63, 3.8) is 0 Å². The summed E-state index contributed by atoms with van der Waals surface area (Å²) in [4.78, 5) is 0. The fourth-order valence-corrected chi connectivity index (χ4v) is 1.69. The third-order valence-corrected chi connectivity index (χ3v) is 2.17. The maximum Gasteiger partial charge on any atom is 0.492 e. The van der Waals surface area contributed by atoms with Crippen LogP contribution in [0.2, 0.25) is 10.0 Å². The summed E-state index contributed by atoms with van der Waals surface area (Å²) in [5.41, 5.74) is 0.168. The third-order valence-electron chi connectivity index (χ3n) is 1.67. The molecule has 0 aliphatic rings. The van der Waals surface area contributed by atoms with Gasteiger partial charge < -0.3 is 14.8 Å². The van der Waals surface area contributed by atoms with E-state index in [0.29, 0.717) is 5.02 Å². The largest absolute Gasteiger partial charge is 0.492 e. The van der Waals surface area contributed by atoms with Gasteiger partial charge in [0, 0.05) is 10.5 Å². The number of hydrogen-bond acceptors (Lipinski definition) is 3. The summed E-state index contributed by atoms with van der Waals surface area (Å²) in [7, 11) is -1.66. The second kappa shape index (κ2) is 5.08. The maximum absolute atomic E-state index is 9.12. The predicted molar refractivity (Wildman–Crippen MR) is 62.1 cm³/mol. The summed E-state index contributed by atoms with van der Waals surface area (Å²) in [5, 5.41) is 18.8. The fraction of sp³-hybridized carbons (Fsp3) is 0.333. The molecule has 0 unspecified atom stereocenters. The molecular weight excluding hydrogens is 238 g/mol. The van der Waals surface area contributed by atoms with Crippen molar-refractivity contribution in [3.8, 4) is 5.75 Å². The zero-order valence-corrected chi connectivity index (χ0v) is 9.88. The van der Waals surface area contributed by atoms with E-state index in [-0.39, 0.29) is 22.3 Å². The van der Waals surface area contributed by atoms with Gasteiger partial charge in [0.1, 0.15) is 5.75 Å². The minimum absolute atomic E-state index is 0.110. The van der Waals surface area contributed by atoms with Gasteiger partial charge in [-0.2, -0.15) is 0 Å². The van der Waals surface area contributed by atoms with Gasteiger partial charge in [0.15, 0.2) is 0 Å². The molecule has 0 saturated carbocycles. The molecule has 82 valence electrons. The van der Waals surface area contributed by atoms with E-state index in [1.807, 2.05) is 13.8 Å². The Morgan fingerprint density at radius 3 is 2.33 bits per heavy atom. The lowest BCUT2D eigenvalue weighted by Gasteiger charge is -2.15. The van der Waals surface area contributed by atoms with Crippen LogP contribution in [0.1, 0.15) is 13.8 Å². The number of ether oxygens (including phenoxy) is 1. The lowest BCUT2D eigenvalue weighted by atomic mass is 9.79. The van der Waals surface area contributed by atoms with Gasteiger partial charge in [0.05, 0.1) is 11.1 Å². The average molecular weight is 249 g/mol. The first-order valence-electron chi connectivity index (χ1n) is 4.43.